The molecule has 1 atom stereocenters. The second kappa shape index (κ2) is 6.63. The van der Waals surface area contributed by atoms with Gasteiger partial charge in [0.25, 0.3) is 0 Å². The van der Waals surface area contributed by atoms with Gasteiger partial charge in [0.1, 0.15) is 16.0 Å². The van der Waals surface area contributed by atoms with Crippen molar-refractivity contribution in [2.24, 2.45) is 0 Å². The number of halogens is 1. The van der Waals surface area contributed by atoms with Crippen LogP contribution in [-0.4, -0.2) is 41.3 Å². The first-order valence-corrected chi connectivity index (χ1v) is 9.82. The predicted molar refractivity (Wildman–Crippen MR) is 103 cm³/mol. The Morgan fingerprint density at radius 3 is 2.89 bits per heavy atom. The van der Waals surface area contributed by atoms with Gasteiger partial charge in [0.05, 0.1) is 12.6 Å². The minimum absolute atomic E-state index is 0.0482. The maximum Gasteiger partial charge on any atom is 0.233 e. The standard InChI is InChI=1S/C19H17ClN4O2S/c1-12(25)23-5-4-19(10-23)11-24(16-3-2-13(20)6-15(16)19)18(26)7-17-22-9-14(8-21)27-17/h2-3,6,9H,4-5,7,10-11H2,1H3. The predicted octanol–water partition coefficient (Wildman–Crippen LogP) is 2.75. The quantitative estimate of drug-likeness (QED) is 0.776. The van der Waals surface area contributed by atoms with Crippen LogP contribution in [0.2, 0.25) is 5.02 Å². The van der Waals surface area contributed by atoms with Gasteiger partial charge in [-0.05, 0) is 30.2 Å². The van der Waals surface area contributed by atoms with Crippen LogP contribution in [0.5, 0.6) is 0 Å². The summed E-state index contributed by atoms with van der Waals surface area (Å²) in [6.45, 7) is 3.38. The fourth-order valence-electron chi connectivity index (χ4n) is 4.02. The molecular weight excluding hydrogens is 384 g/mol. The molecule has 1 aromatic carbocycles. The van der Waals surface area contributed by atoms with E-state index in [1.165, 1.54) is 17.5 Å². The maximum atomic E-state index is 13.0. The summed E-state index contributed by atoms with van der Waals surface area (Å²) in [7, 11) is 0. The van der Waals surface area contributed by atoms with Crippen LogP contribution in [-0.2, 0) is 21.4 Å². The van der Waals surface area contributed by atoms with Gasteiger partial charge in [-0.3, -0.25) is 9.59 Å². The number of nitriles is 1. The van der Waals surface area contributed by atoms with Gasteiger partial charge in [-0.15, -0.1) is 11.3 Å². The maximum absolute atomic E-state index is 13.0. The Labute approximate surface area is 166 Å². The highest BCUT2D eigenvalue weighted by molar-refractivity contribution is 7.12. The van der Waals surface area contributed by atoms with Crippen molar-refractivity contribution in [1.82, 2.24) is 9.88 Å². The topological polar surface area (TPSA) is 77.3 Å². The molecule has 0 N–H and O–H groups in total. The highest BCUT2D eigenvalue weighted by atomic mass is 35.5. The van der Waals surface area contributed by atoms with Crippen molar-refractivity contribution < 1.29 is 9.59 Å². The Balaban J connectivity index is 1.64. The summed E-state index contributed by atoms with van der Waals surface area (Å²) in [5, 5.41) is 10.2. The summed E-state index contributed by atoms with van der Waals surface area (Å²) in [6.07, 6.45) is 2.45. The molecule has 2 aliphatic heterocycles. The monoisotopic (exact) mass is 400 g/mol. The van der Waals surface area contributed by atoms with Crippen molar-refractivity contribution in [1.29, 1.82) is 5.26 Å². The van der Waals surface area contributed by atoms with Gasteiger partial charge in [0.2, 0.25) is 11.8 Å². The summed E-state index contributed by atoms with van der Waals surface area (Å²) in [5.41, 5.74) is 1.61. The third-order valence-corrected chi connectivity index (χ3v) is 6.48. The van der Waals surface area contributed by atoms with Gasteiger partial charge >= 0.3 is 0 Å². The average Bonchev–Trinajstić information content (AvgIpc) is 3.34. The molecule has 1 aromatic heterocycles. The lowest BCUT2D eigenvalue weighted by Crippen LogP contribution is -2.40. The molecule has 4 rings (SSSR count). The van der Waals surface area contributed by atoms with Gasteiger partial charge in [-0.2, -0.15) is 5.26 Å². The molecular formula is C19H17ClN4O2S. The van der Waals surface area contributed by atoms with E-state index < -0.39 is 0 Å². The highest BCUT2D eigenvalue weighted by Crippen LogP contribution is 2.47. The summed E-state index contributed by atoms with van der Waals surface area (Å²) < 4.78 is 0. The van der Waals surface area contributed by atoms with Crippen molar-refractivity contribution in [3.8, 4) is 6.07 Å². The number of rotatable bonds is 2. The van der Waals surface area contributed by atoms with Crippen molar-refractivity contribution in [3.63, 3.8) is 0 Å². The second-order valence-corrected chi connectivity index (χ2v) is 8.57. The summed E-state index contributed by atoms with van der Waals surface area (Å²) in [4.78, 5) is 33.1. The molecule has 0 bridgehead atoms. The number of nitrogens with zero attached hydrogens (tertiary/aromatic N) is 4. The average molecular weight is 401 g/mol. The van der Waals surface area contributed by atoms with Gasteiger partial charge < -0.3 is 9.80 Å². The van der Waals surface area contributed by atoms with Crippen LogP contribution < -0.4 is 4.90 Å². The van der Waals surface area contributed by atoms with Gasteiger partial charge in [-0.25, -0.2) is 4.98 Å². The number of fused-ring (bicyclic) bond motifs is 2. The first-order valence-electron chi connectivity index (χ1n) is 8.62. The van der Waals surface area contributed by atoms with E-state index in [9.17, 15) is 9.59 Å². The van der Waals surface area contributed by atoms with E-state index in [2.05, 4.69) is 4.98 Å². The molecule has 6 nitrogen and oxygen atoms in total. The zero-order valence-electron chi connectivity index (χ0n) is 14.7. The Morgan fingerprint density at radius 1 is 1.41 bits per heavy atom. The zero-order chi connectivity index (χ0) is 19.2. The van der Waals surface area contributed by atoms with E-state index >= 15 is 0 Å². The number of likely N-dealkylation sites (tertiary alicyclic amines) is 1. The molecule has 2 aromatic rings. The van der Waals surface area contributed by atoms with E-state index in [-0.39, 0.29) is 23.7 Å². The van der Waals surface area contributed by atoms with Gasteiger partial charge in [0, 0.05) is 42.7 Å². The van der Waals surface area contributed by atoms with Crippen LogP contribution in [0.3, 0.4) is 0 Å². The first-order chi connectivity index (χ1) is 12.9. The molecule has 2 amide bonds. The summed E-state index contributed by atoms with van der Waals surface area (Å²) in [6, 6.07) is 7.63. The molecule has 1 saturated heterocycles. The third-order valence-electron chi connectivity index (χ3n) is 5.35. The van der Waals surface area contributed by atoms with Gasteiger partial charge in [-0.1, -0.05) is 11.6 Å². The Morgan fingerprint density at radius 2 is 2.22 bits per heavy atom. The number of anilines is 1. The molecule has 0 saturated carbocycles. The molecule has 8 heteroatoms. The molecule has 3 heterocycles. The number of aromatic nitrogens is 1. The molecule has 1 spiro atoms. The SMILES string of the molecule is CC(=O)N1CCC2(C1)CN(C(=O)Cc1ncc(C#N)s1)c1ccc(Cl)cc12. The Kier molecular flexibility index (Phi) is 4.41. The minimum atomic E-state index is -0.276. The van der Waals surface area contributed by atoms with Crippen molar-refractivity contribution >= 4 is 40.4 Å². The number of amides is 2. The number of carbonyl (C=O) groups excluding carboxylic acids is 2. The van der Waals surface area contributed by atoms with Crippen molar-refractivity contribution in [2.75, 3.05) is 24.5 Å². The number of benzene rings is 1. The molecule has 0 radical (unpaired) electrons. The second-order valence-electron chi connectivity index (χ2n) is 7.02. The molecule has 27 heavy (non-hydrogen) atoms. The zero-order valence-corrected chi connectivity index (χ0v) is 16.3. The van der Waals surface area contributed by atoms with E-state index in [1.807, 2.05) is 23.1 Å². The van der Waals surface area contributed by atoms with E-state index in [0.29, 0.717) is 34.5 Å². The number of hydrogen-bond acceptors (Lipinski definition) is 5. The van der Waals surface area contributed by atoms with Gasteiger partial charge in [0.15, 0.2) is 0 Å². The first kappa shape index (κ1) is 18.0. The molecule has 0 aliphatic carbocycles. The van der Waals surface area contributed by atoms with Crippen LogP contribution >= 0.6 is 22.9 Å². The van der Waals surface area contributed by atoms with Crippen molar-refractivity contribution in [2.45, 2.75) is 25.2 Å². The normalized spacial score (nSPS) is 20.8. The minimum Gasteiger partial charge on any atom is -0.342 e. The van der Waals surface area contributed by atoms with E-state index in [1.54, 1.807) is 17.9 Å². The lowest BCUT2D eigenvalue weighted by atomic mass is 9.81. The Bertz CT molecular complexity index is 982. The smallest absolute Gasteiger partial charge is 0.233 e. The van der Waals surface area contributed by atoms with Crippen LogP contribution in [0, 0.1) is 11.3 Å². The number of carbonyl (C=O) groups is 2. The molecule has 138 valence electrons. The Hall–Kier alpha value is -2.43. The van der Waals surface area contributed by atoms with Crippen LogP contribution in [0.1, 0.15) is 28.8 Å². The summed E-state index contributed by atoms with van der Waals surface area (Å²) in [5.74, 6) is -0.0115. The fraction of sp³-hybridized carbons (Fsp3) is 0.368. The molecule has 1 fully saturated rings. The van der Waals surface area contributed by atoms with Crippen molar-refractivity contribution in [3.05, 3.63) is 44.9 Å². The van der Waals surface area contributed by atoms with Crippen LogP contribution in [0.4, 0.5) is 5.69 Å². The lowest BCUT2D eigenvalue weighted by Gasteiger charge is -2.25. The van der Waals surface area contributed by atoms with Crippen LogP contribution in [0.15, 0.2) is 24.4 Å². The van der Waals surface area contributed by atoms with Crippen LogP contribution in [0.25, 0.3) is 0 Å². The van der Waals surface area contributed by atoms with E-state index in [4.69, 9.17) is 16.9 Å². The third kappa shape index (κ3) is 3.09. The fourth-order valence-corrected chi connectivity index (χ4v) is 4.90. The highest BCUT2D eigenvalue weighted by Gasteiger charge is 2.49. The lowest BCUT2D eigenvalue weighted by molar-refractivity contribution is -0.127. The molecule has 2 aliphatic rings. The number of thiazole rings is 1. The molecule has 1 unspecified atom stereocenters. The largest absolute Gasteiger partial charge is 0.342 e. The summed E-state index contributed by atoms with van der Waals surface area (Å²) >= 11 is 7.47. The van der Waals surface area contributed by atoms with E-state index in [0.717, 1.165) is 17.7 Å². The number of hydrogen-bond donors (Lipinski definition) is 0.